The maximum absolute atomic E-state index is 5.66. The van der Waals surface area contributed by atoms with Crippen LogP contribution in [-0.2, 0) is 0 Å². The summed E-state index contributed by atoms with van der Waals surface area (Å²) in [5, 5.41) is 0. The maximum atomic E-state index is 5.66. The SMILES string of the molecule is CC(C)c1ccc2c(c1)OC(C)(C)O2. The Kier molecular flexibility index (Phi) is 1.95. The third-order valence-corrected chi connectivity index (χ3v) is 2.35. The van der Waals surface area contributed by atoms with E-state index in [0.717, 1.165) is 11.5 Å². The molecule has 0 saturated heterocycles. The fourth-order valence-electron chi connectivity index (χ4n) is 1.60. The predicted octanol–water partition coefficient (Wildman–Crippen LogP) is 3.32. The topological polar surface area (TPSA) is 18.5 Å². The molecular formula is C12H16O2. The number of fused-ring (bicyclic) bond motifs is 1. The number of hydrogen-bond donors (Lipinski definition) is 0. The predicted molar refractivity (Wildman–Crippen MR) is 55.9 cm³/mol. The smallest absolute Gasteiger partial charge is 0.246 e. The van der Waals surface area contributed by atoms with Crippen LogP contribution in [0.4, 0.5) is 0 Å². The van der Waals surface area contributed by atoms with E-state index in [1.54, 1.807) is 0 Å². The van der Waals surface area contributed by atoms with Gasteiger partial charge in [0, 0.05) is 13.8 Å². The van der Waals surface area contributed by atoms with Gasteiger partial charge in [0.15, 0.2) is 11.5 Å². The van der Waals surface area contributed by atoms with Gasteiger partial charge in [0.1, 0.15) is 0 Å². The standard InChI is InChI=1S/C12H16O2/c1-8(2)9-5-6-10-11(7-9)14-12(3,4)13-10/h5-8H,1-4H3. The van der Waals surface area contributed by atoms with E-state index < -0.39 is 5.79 Å². The Hall–Kier alpha value is -1.18. The highest BCUT2D eigenvalue weighted by Crippen LogP contribution is 2.40. The summed E-state index contributed by atoms with van der Waals surface area (Å²) in [7, 11) is 0. The minimum atomic E-state index is -0.516. The van der Waals surface area contributed by atoms with Crippen molar-refractivity contribution in [2.24, 2.45) is 0 Å². The molecule has 0 atom stereocenters. The summed E-state index contributed by atoms with van der Waals surface area (Å²) in [6, 6.07) is 6.14. The Morgan fingerprint density at radius 1 is 1.07 bits per heavy atom. The first-order valence-corrected chi connectivity index (χ1v) is 5.00. The molecule has 0 N–H and O–H groups in total. The molecule has 1 aliphatic heterocycles. The monoisotopic (exact) mass is 192 g/mol. The van der Waals surface area contributed by atoms with Gasteiger partial charge in [0.25, 0.3) is 0 Å². The van der Waals surface area contributed by atoms with Gasteiger partial charge in [0.2, 0.25) is 5.79 Å². The van der Waals surface area contributed by atoms with Gasteiger partial charge in [-0.25, -0.2) is 0 Å². The van der Waals surface area contributed by atoms with Gasteiger partial charge in [-0.1, -0.05) is 19.9 Å². The fourth-order valence-corrected chi connectivity index (χ4v) is 1.60. The van der Waals surface area contributed by atoms with E-state index in [1.165, 1.54) is 5.56 Å². The lowest BCUT2D eigenvalue weighted by Gasteiger charge is -2.16. The second-order valence-corrected chi connectivity index (χ2v) is 4.46. The Labute approximate surface area is 84.8 Å². The molecule has 0 spiro atoms. The van der Waals surface area contributed by atoms with Crippen molar-refractivity contribution in [3.8, 4) is 11.5 Å². The zero-order valence-electron chi connectivity index (χ0n) is 9.13. The zero-order chi connectivity index (χ0) is 10.3. The van der Waals surface area contributed by atoms with Crippen LogP contribution in [0.3, 0.4) is 0 Å². The summed E-state index contributed by atoms with van der Waals surface area (Å²) in [6.45, 7) is 8.18. The summed E-state index contributed by atoms with van der Waals surface area (Å²) >= 11 is 0. The molecule has 0 fully saturated rings. The quantitative estimate of drug-likeness (QED) is 0.679. The lowest BCUT2D eigenvalue weighted by Crippen LogP contribution is -2.29. The van der Waals surface area contributed by atoms with Gasteiger partial charge in [0.05, 0.1) is 0 Å². The van der Waals surface area contributed by atoms with Crippen molar-refractivity contribution in [2.45, 2.75) is 39.4 Å². The van der Waals surface area contributed by atoms with Crippen LogP contribution in [0.25, 0.3) is 0 Å². The van der Waals surface area contributed by atoms with Gasteiger partial charge < -0.3 is 9.47 Å². The molecule has 1 aromatic rings. The molecule has 1 heterocycles. The van der Waals surface area contributed by atoms with Gasteiger partial charge in [-0.2, -0.15) is 0 Å². The van der Waals surface area contributed by atoms with E-state index in [9.17, 15) is 0 Å². The minimum absolute atomic E-state index is 0.516. The molecule has 0 aliphatic carbocycles. The Morgan fingerprint density at radius 2 is 1.71 bits per heavy atom. The second kappa shape index (κ2) is 2.91. The van der Waals surface area contributed by atoms with E-state index >= 15 is 0 Å². The molecule has 0 radical (unpaired) electrons. The summed E-state index contributed by atoms with van der Waals surface area (Å²) in [6.07, 6.45) is 0. The molecule has 2 nitrogen and oxygen atoms in total. The third-order valence-electron chi connectivity index (χ3n) is 2.35. The molecule has 0 bridgehead atoms. The second-order valence-electron chi connectivity index (χ2n) is 4.46. The molecule has 76 valence electrons. The largest absolute Gasteiger partial charge is 0.449 e. The van der Waals surface area contributed by atoms with E-state index in [4.69, 9.17) is 9.47 Å². The van der Waals surface area contributed by atoms with Crippen molar-refractivity contribution in [1.82, 2.24) is 0 Å². The van der Waals surface area contributed by atoms with Crippen LogP contribution in [-0.4, -0.2) is 5.79 Å². The molecule has 0 unspecified atom stereocenters. The fraction of sp³-hybridized carbons (Fsp3) is 0.500. The maximum Gasteiger partial charge on any atom is 0.246 e. The van der Waals surface area contributed by atoms with E-state index in [-0.39, 0.29) is 0 Å². The van der Waals surface area contributed by atoms with Gasteiger partial charge in [-0.15, -0.1) is 0 Å². The van der Waals surface area contributed by atoms with Crippen molar-refractivity contribution >= 4 is 0 Å². The van der Waals surface area contributed by atoms with E-state index in [2.05, 4.69) is 26.0 Å². The van der Waals surface area contributed by atoms with Crippen LogP contribution in [0.15, 0.2) is 18.2 Å². The molecule has 0 amide bonds. The minimum Gasteiger partial charge on any atom is -0.449 e. The number of hydrogen-bond acceptors (Lipinski definition) is 2. The van der Waals surface area contributed by atoms with Gasteiger partial charge in [-0.3, -0.25) is 0 Å². The molecular weight excluding hydrogens is 176 g/mol. The van der Waals surface area contributed by atoms with Gasteiger partial charge in [-0.05, 0) is 23.6 Å². The zero-order valence-corrected chi connectivity index (χ0v) is 9.13. The van der Waals surface area contributed by atoms with Crippen LogP contribution >= 0.6 is 0 Å². The van der Waals surface area contributed by atoms with Crippen molar-refractivity contribution < 1.29 is 9.47 Å². The highest BCUT2D eigenvalue weighted by Gasteiger charge is 2.31. The number of rotatable bonds is 1. The van der Waals surface area contributed by atoms with Crippen LogP contribution in [0.2, 0.25) is 0 Å². The first kappa shape index (κ1) is 9.38. The molecule has 2 heteroatoms. The normalized spacial score (nSPS) is 17.5. The molecule has 0 saturated carbocycles. The average Bonchev–Trinajstić information content (AvgIpc) is 2.36. The third kappa shape index (κ3) is 1.57. The summed E-state index contributed by atoms with van der Waals surface area (Å²) < 4.78 is 11.3. The van der Waals surface area contributed by atoms with Crippen molar-refractivity contribution in [2.75, 3.05) is 0 Å². The average molecular weight is 192 g/mol. The van der Waals surface area contributed by atoms with E-state index in [0.29, 0.717) is 5.92 Å². The number of ether oxygens (including phenoxy) is 2. The van der Waals surface area contributed by atoms with Crippen molar-refractivity contribution in [1.29, 1.82) is 0 Å². The summed E-state index contributed by atoms with van der Waals surface area (Å²) in [4.78, 5) is 0. The molecule has 0 aromatic heterocycles. The lowest BCUT2D eigenvalue weighted by atomic mass is 10.0. The highest BCUT2D eigenvalue weighted by molar-refractivity contribution is 5.46. The molecule has 1 aliphatic rings. The van der Waals surface area contributed by atoms with Crippen LogP contribution in [0, 0.1) is 0 Å². The first-order valence-electron chi connectivity index (χ1n) is 5.00. The van der Waals surface area contributed by atoms with E-state index in [1.807, 2.05) is 19.9 Å². The highest BCUT2D eigenvalue weighted by atomic mass is 16.7. The summed E-state index contributed by atoms with van der Waals surface area (Å²) in [5.74, 6) is 1.71. The lowest BCUT2D eigenvalue weighted by molar-refractivity contribution is -0.0431. The van der Waals surface area contributed by atoms with Crippen molar-refractivity contribution in [3.05, 3.63) is 23.8 Å². The number of benzene rings is 1. The molecule has 1 aromatic carbocycles. The van der Waals surface area contributed by atoms with Crippen LogP contribution in [0.5, 0.6) is 11.5 Å². The molecule has 2 rings (SSSR count). The molecule has 14 heavy (non-hydrogen) atoms. The summed E-state index contributed by atoms with van der Waals surface area (Å²) in [5.41, 5.74) is 1.28. The Morgan fingerprint density at radius 3 is 2.36 bits per heavy atom. The Bertz CT molecular complexity index is 353. The Balaban J connectivity index is 2.36. The van der Waals surface area contributed by atoms with Crippen molar-refractivity contribution in [3.63, 3.8) is 0 Å². The first-order chi connectivity index (χ1) is 6.48. The van der Waals surface area contributed by atoms with Gasteiger partial charge >= 0.3 is 0 Å². The van der Waals surface area contributed by atoms with Crippen LogP contribution < -0.4 is 9.47 Å². The van der Waals surface area contributed by atoms with Crippen LogP contribution in [0.1, 0.15) is 39.2 Å².